The fraction of sp³-hybridized carbons (Fsp3) is 0.0476. The van der Waals surface area contributed by atoms with Crippen molar-refractivity contribution in [3.8, 4) is 11.5 Å². The van der Waals surface area contributed by atoms with Crippen LogP contribution >= 0.6 is 0 Å². The van der Waals surface area contributed by atoms with Crippen molar-refractivity contribution in [1.29, 1.82) is 0 Å². The first-order chi connectivity index (χ1) is 68.5. The molecule has 0 amide bonds. The summed E-state index contributed by atoms with van der Waals surface area (Å²) in [7, 11) is 0. The van der Waals surface area contributed by atoms with Gasteiger partial charge < -0.3 is 42.0 Å². The topological polar surface area (TPSA) is 74.8 Å². The van der Waals surface area contributed by atoms with Crippen molar-refractivity contribution in [2.75, 3.05) is 19.6 Å². The molecule has 0 fully saturated rings. The molecule has 4 aromatic heterocycles. The Hall–Kier alpha value is -17.1. The molecule has 0 N–H and O–H groups in total. The van der Waals surface area contributed by atoms with Gasteiger partial charge in [-0.3, -0.25) is 0 Å². The molecule has 13 heteroatoms. The first kappa shape index (κ1) is 80.3. The van der Waals surface area contributed by atoms with Gasteiger partial charge >= 0.3 is 0 Å². The van der Waals surface area contributed by atoms with Crippen LogP contribution in [0.25, 0.3) is 87.0 Å². The van der Waals surface area contributed by atoms with E-state index in [1.165, 1.54) is 77.3 Å². The highest BCUT2D eigenvalue weighted by Gasteiger charge is 2.51. The first-order valence-electron chi connectivity index (χ1n) is 48.2. The Balaban J connectivity index is 0.000000137. The normalized spacial score (nSPS) is 14.0. The molecule has 0 aliphatic carbocycles. The van der Waals surface area contributed by atoms with Gasteiger partial charge in [-0.05, 0) is 239 Å². The third kappa shape index (κ3) is 12.3. The Morgan fingerprint density at radius 3 is 0.863 bits per heavy atom. The van der Waals surface area contributed by atoms with Gasteiger partial charge in [-0.1, -0.05) is 347 Å². The van der Waals surface area contributed by atoms with Crippen molar-refractivity contribution < 1.29 is 22.4 Å². The Morgan fingerprint density at radius 1 is 0.216 bits per heavy atom. The fourth-order valence-corrected chi connectivity index (χ4v) is 24.1. The molecule has 9 nitrogen and oxygen atoms in total. The average molecular weight is 1780 g/mol. The van der Waals surface area contributed by atoms with Crippen LogP contribution in [0.2, 0.25) is 0 Å². The van der Waals surface area contributed by atoms with E-state index >= 15 is 0 Å². The summed E-state index contributed by atoms with van der Waals surface area (Å²) >= 11 is 0. The monoisotopic (exact) mass is 1780 g/mol. The molecule has 5 aliphatic heterocycles. The van der Waals surface area contributed by atoms with E-state index < -0.39 is 0 Å². The maximum atomic E-state index is 7.39. The fourth-order valence-electron chi connectivity index (χ4n) is 24.1. The van der Waals surface area contributed by atoms with E-state index in [0.717, 1.165) is 178 Å². The molecular weight excluding hydrogens is 1690 g/mol. The van der Waals surface area contributed by atoms with Crippen LogP contribution in [0.5, 0.6) is 11.5 Å². The number of para-hydroxylation sites is 10. The third-order valence-electron chi connectivity index (χ3n) is 30.4. The quantitative estimate of drug-likeness (QED) is 0.124. The second-order valence-corrected chi connectivity index (χ2v) is 38.7. The zero-order valence-electron chi connectivity index (χ0n) is 76.9. The lowest BCUT2D eigenvalue weighted by atomic mass is 9.23. The van der Waals surface area contributed by atoms with E-state index in [4.69, 9.17) is 22.4 Å². The average Bonchev–Trinajstić information content (AvgIpc) is 1.55. The summed E-state index contributed by atoms with van der Waals surface area (Å²) < 4.78 is 35.9. The predicted octanol–water partition coefficient (Wildman–Crippen LogP) is 24.9. The minimum absolute atomic E-state index is 0.143. The second kappa shape index (κ2) is 31.2. The molecule has 652 valence electrons. The third-order valence-corrected chi connectivity index (χ3v) is 30.4. The standard InChI is InChI=1S/C63H42B2N2O3.C63H44B2N2O2/c1-63(2)47-19-7-9-21-49(47)66(50-22-10-8-20-48(50)63)43-33-29-41(30-34-43)64-59-57-45-17-5-3-15-39(45)27-37-55(57)70-62(59)65(60-58-46-18-6-4-16-40(46)28-38-56(58)69-61(60)64)42-31-35-44(36-32-42)67-51-23-11-13-25-53(51)68-54-26-14-12-24-52(54)67;1-63(2)52-25-13-15-27-54(52)67(55-28-16-14-26-53(55)63)49-36-32-45(33-37-49)65-60-58-50-24-12-11-17-41(50)29-38-56(58)68-62(60)64(59-51-39-42-18-9-10-19-43(42)40-57(51)69-61(59)65)44-30-34-48(35-31-44)66(46-20-5-3-6-21-46)47-22-7-4-8-23-47/h3-38H,1-2H3;3-40H,1-2H3. The van der Waals surface area contributed by atoms with Crippen LogP contribution in [0.4, 0.5) is 68.2 Å². The Morgan fingerprint density at radius 2 is 0.489 bits per heavy atom. The summed E-state index contributed by atoms with van der Waals surface area (Å²) in [6.07, 6.45) is 0. The van der Waals surface area contributed by atoms with Crippen LogP contribution in [0, 0.1) is 0 Å². The van der Waals surface area contributed by atoms with E-state index in [2.05, 4.69) is 472 Å². The van der Waals surface area contributed by atoms with Gasteiger partial charge in [0, 0.05) is 66.5 Å². The van der Waals surface area contributed by atoms with Crippen molar-refractivity contribution in [3.63, 3.8) is 0 Å². The lowest BCUT2D eigenvalue weighted by molar-refractivity contribution is 0.477. The number of hydrogen-bond acceptors (Lipinski definition) is 9. The van der Waals surface area contributed by atoms with E-state index in [-0.39, 0.29) is 37.7 Å². The summed E-state index contributed by atoms with van der Waals surface area (Å²) in [6, 6.07) is 162. The summed E-state index contributed by atoms with van der Waals surface area (Å²) in [5.41, 5.74) is 34.8. The Kier molecular flexibility index (Phi) is 18.0. The number of ether oxygens (including phenoxy) is 1. The van der Waals surface area contributed by atoms with Crippen LogP contribution in [-0.4, -0.2) is 26.9 Å². The van der Waals surface area contributed by atoms with Gasteiger partial charge in [0.25, 0.3) is 26.9 Å². The molecule has 0 saturated carbocycles. The summed E-state index contributed by atoms with van der Waals surface area (Å²) in [5.74, 6) is 1.65. The molecule has 24 aromatic rings. The predicted molar refractivity (Wildman–Crippen MR) is 582 cm³/mol. The molecule has 20 aromatic carbocycles. The molecule has 0 radical (unpaired) electrons. The highest BCUT2D eigenvalue weighted by molar-refractivity contribution is 7.13. The molecule has 0 bridgehead atoms. The molecule has 139 heavy (non-hydrogen) atoms. The summed E-state index contributed by atoms with van der Waals surface area (Å²) in [5, 5.41) is 13.8. The van der Waals surface area contributed by atoms with Gasteiger partial charge in [0.2, 0.25) is 0 Å². The SMILES string of the molecule is CC1(C)c2ccccc2N(c2ccc(B3c4oc5cc6ccccc6cc5c4B(c4ccc(N(c5ccccc5)c5ccccc5)cc4)c4oc5ccc6ccccc6c5c43)cc2)c2ccccc21.CC1(C)c2ccccc2N(c2ccc(B3c4oc5ccc6ccccc6c5c4B(c4ccc(N5c6ccccc6Oc6ccccc65)cc4)c4oc5ccc6ccccc6c5c43)cc2)c2ccccc21. The van der Waals surface area contributed by atoms with Crippen LogP contribution in [0.15, 0.2) is 467 Å². The maximum absolute atomic E-state index is 7.39. The van der Waals surface area contributed by atoms with E-state index in [0.29, 0.717) is 0 Å². The molecule has 0 saturated heterocycles. The largest absolute Gasteiger partial charge is 0.471 e. The highest BCUT2D eigenvalue weighted by atomic mass is 16.5. The number of furan rings is 4. The zero-order valence-corrected chi connectivity index (χ0v) is 76.9. The van der Waals surface area contributed by atoms with Crippen molar-refractivity contribution >= 4 is 248 Å². The second-order valence-electron chi connectivity index (χ2n) is 38.7. The van der Waals surface area contributed by atoms with Crippen LogP contribution < -0.4 is 90.7 Å². The minimum Gasteiger partial charge on any atom is -0.471 e. The lowest BCUT2D eigenvalue weighted by Gasteiger charge is -2.42. The van der Waals surface area contributed by atoms with Gasteiger partial charge in [0.1, 0.15) is 22.3 Å². The minimum atomic E-state index is -0.276. The Labute approximate surface area is 806 Å². The number of hydrogen-bond donors (Lipinski definition) is 0. The molecule has 29 rings (SSSR count). The van der Waals surface area contributed by atoms with Crippen molar-refractivity contribution in [3.05, 3.63) is 471 Å². The van der Waals surface area contributed by atoms with Gasteiger partial charge in [-0.15, -0.1) is 0 Å². The van der Waals surface area contributed by atoms with Gasteiger partial charge in [-0.2, -0.15) is 0 Å². The number of nitrogens with zero attached hydrogens (tertiary/aromatic N) is 4. The molecular formula is C126H86B4N4O5. The van der Waals surface area contributed by atoms with Gasteiger partial charge in [-0.25, -0.2) is 0 Å². The highest BCUT2D eigenvalue weighted by Crippen LogP contribution is 2.55. The van der Waals surface area contributed by atoms with E-state index in [9.17, 15) is 0 Å². The van der Waals surface area contributed by atoms with Crippen LogP contribution in [0.3, 0.4) is 0 Å². The number of rotatable bonds is 10. The van der Waals surface area contributed by atoms with Gasteiger partial charge in [0.05, 0.1) is 56.8 Å². The van der Waals surface area contributed by atoms with Crippen molar-refractivity contribution in [1.82, 2.24) is 0 Å². The Bertz CT molecular complexity index is 8930. The molecule has 0 atom stereocenters. The van der Waals surface area contributed by atoms with Crippen LogP contribution in [0.1, 0.15) is 49.9 Å². The van der Waals surface area contributed by atoms with Crippen molar-refractivity contribution in [2.24, 2.45) is 0 Å². The van der Waals surface area contributed by atoms with Gasteiger partial charge in [0.15, 0.2) is 11.5 Å². The van der Waals surface area contributed by atoms with Crippen molar-refractivity contribution in [2.45, 2.75) is 38.5 Å². The summed E-state index contributed by atoms with van der Waals surface area (Å²) in [4.78, 5) is 9.47. The molecule has 9 heterocycles. The van der Waals surface area contributed by atoms with Crippen LogP contribution in [-0.2, 0) is 10.8 Å². The zero-order chi connectivity index (χ0) is 92.0. The smallest absolute Gasteiger partial charge is 0.290 e. The number of benzene rings is 20. The van der Waals surface area contributed by atoms with E-state index in [1.807, 2.05) is 24.3 Å². The van der Waals surface area contributed by atoms with E-state index in [1.54, 1.807) is 0 Å². The maximum Gasteiger partial charge on any atom is 0.290 e. The molecule has 0 spiro atoms. The molecule has 5 aliphatic rings. The number of anilines is 12. The summed E-state index contributed by atoms with van der Waals surface area (Å²) in [6.45, 7) is 8.30. The number of fused-ring (bicyclic) bond motifs is 25. The lowest BCUT2D eigenvalue weighted by Crippen LogP contribution is -2.73. The molecule has 0 unspecified atom stereocenters. The first-order valence-corrected chi connectivity index (χ1v) is 48.2.